The third kappa shape index (κ3) is 5.00. The smallest absolute Gasteiger partial charge is 0.438 e. The molecule has 7 atom stereocenters. The Labute approximate surface area is 228 Å². The summed E-state index contributed by atoms with van der Waals surface area (Å²) >= 11 is 0. The quantitative estimate of drug-likeness (QED) is 0.358. The Morgan fingerprint density at radius 2 is 1.82 bits per heavy atom. The first-order valence-corrected chi connectivity index (χ1v) is 14.0. The number of ketones is 2. The maximum absolute atomic E-state index is 13.8. The normalized spacial score (nSPS) is 36.9. The fourth-order valence-electron chi connectivity index (χ4n) is 8.29. The number of methoxy groups -OCH3 is 1. The predicted molar refractivity (Wildman–Crippen MR) is 136 cm³/mol. The Hall–Kier alpha value is -2.75. The highest BCUT2D eigenvalue weighted by atomic mass is 16.8. The van der Waals surface area contributed by atoms with Crippen molar-refractivity contribution in [3.8, 4) is 0 Å². The van der Waals surface area contributed by atoms with Crippen molar-refractivity contribution in [3.05, 3.63) is 11.6 Å². The van der Waals surface area contributed by atoms with Crippen LogP contribution < -0.4 is 0 Å². The Morgan fingerprint density at radius 1 is 1.08 bits per heavy atom. The molecule has 39 heavy (non-hydrogen) atoms. The number of allylic oxidation sites excluding steroid dienone is 1. The van der Waals surface area contributed by atoms with Gasteiger partial charge in [-0.05, 0) is 74.2 Å². The van der Waals surface area contributed by atoms with E-state index >= 15 is 0 Å². The summed E-state index contributed by atoms with van der Waals surface area (Å²) in [6, 6.07) is 0. The fourth-order valence-corrected chi connectivity index (χ4v) is 8.29. The summed E-state index contributed by atoms with van der Waals surface area (Å²) < 4.78 is 20.1. The summed E-state index contributed by atoms with van der Waals surface area (Å²) in [6.45, 7) is 5.17. The van der Waals surface area contributed by atoms with Gasteiger partial charge in [0, 0.05) is 18.3 Å². The van der Waals surface area contributed by atoms with E-state index in [1.165, 1.54) is 0 Å². The zero-order chi connectivity index (χ0) is 28.6. The van der Waals surface area contributed by atoms with Crippen molar-refractivity contribution in [1.29, 1.82) is 0 Å². The van der Waals surface area contributed by atoms with Crippen LogP contribution in [-0.2, 0) is 33.3 Å². The number of aliphatic hydroxyl groups excluding tert-OH is 1. The summed E-state index contributed by atoms with van der Waals surface area (Å²) in [7, 11) is 1.12. The molecule has 0 amide bonds. The highest BCUT2D eigenvalue weighted by molar-refractivity contribution is 5.93. The van der Waals surface area contributed by atoms with Gasteiger partial charge in [0.15, 0.2) is 18.0 Å². The average Bonchev–Trinajstić information content (AvgIpc) is 3.17. The lowest BCUT2D eigenvalue weighted by Crippen LogP contribution is -2.63. The zero-order valence-corrected chi connectivity index (χ0v) is 23.3. The van der Waals surface area contributed by atoms with Crippen LogP contribution in [0.4, 0.5) is 9.59 Å². The van der Waals surface area contributed by atoms with Crippen LogP contribution in [0.15, 0.2) is 11.6 Å². The van der Waals surface area contributed by atoms with Gasteiger partial charge in [-0.3, -0.25) is 14.4 Å². The summed E-state index contributed by atoms with van der Waals surface area (Å²) in [4.78, 5) is 62.6. The molecule has 0 heterocycles. The summed E-state index contributed by atoms with van der Waals surface area (Å²) in [6.07, 6.45) is 3.34. The number of ether oxygens (including phenoxy) is 4. The van der Waals surface area contributed by atoms with Gasteiger partial charge < -0.3 is 24.1 Å². The Kier molecular flexibility index (Phi) is 8.26. The van der Waals surface area contributed by atoms with Crippen molar-refractivity contribution in [3.63, 3.8) is 0 Å². The topological polar surface area (TPSA) is 143 Å². The molecule has 4 aliphatic rings. The minimum absolute atomic E-state index is 0.0242. The first-order valence-electron chi connectivity index (χ1n) is 14.0. The molecule has 10 nitrogen and oxygen atoms in total. The third-order valence-electron chi connectivity index (χ3n) is 10.1. The molecule has 3 saturated carbocycles. The second-order valence-corrected chi connectivity index (χ2v) is 12.0. The molecule has 216 valence electrons. The Morgan fingerprint density at radius 3 is 2.51 bits per heavy atom. The van der Waals surface area contributed by atoms with E-state index in [1.807, 2.05) is 13.8 Å². The number of Topliss-reactive ketones (excluding diaryl/α,β-unsaturated/α-hetero) is 1. The SMILES string of the molecule is CCCCC(=O)OC(=O)O[C@]1(C(=O)COC(=O)OC)CC[C@H]2[C@@H]3CCC4=CC(=O)CC[C@]4(C)[C@H]3[C@@H](O)C[C@@]21C. The van der Waals surface area contributed by atoms with Crippen LogP contribution in [0.3, 0.4) is 0 Å². The van der Waals surface area contributed by atoms with Crippen molar-refractivity contribution < 1.29 is 48.0 Å². The van der Waals surface area contributed by atoms with E-state index in [0.29, 0.717) is 25.7 Å². The van der Waals surface area contributed by atoms with Gasteiger partial charge in [0.25, 0.3) is 0 Å². The van der Waals surface area contributed by atoms with Gasteiger partial charge in [0.05, 0.1) is 13.2 Å². The Balaban J connectivity index is 1.66. The third-order valence-corrected chi connectivity index (χ3v) is 10.1. The molecule has 0 bridgehead atoms. The molecule has 0 aromatic rings. The number of fused-ring (bicyclic) bond motifs is 5. The molecule has 0 aromatic carbocycles. The van der Waals surface area contributed by atoms with Crippen LogP contribution in [0.5, 0.6) is 0 Å². The molecule has 10 heteroatoms. The van der Waals surface area contributed by atoms with Crippen LogP contribution in [-0.4, -0.2) is 60.4 Å². The maximum Gasteiger partial charge on any atom is 0.517 e. The molecular weight excluding hydrogens is 508 g/mol. The van der Waals surface area contributed by atoms with Gasteiger partial charge >= 0.3 is 18.3 Å². The van der Waals surface area contributed by atoms with Crippen LogP contribution >= 0.6 is 0 Å². The molecule has 0 spiro atoms. The molecule has 0 aliphatic heterocycles. The number of rotatable bonds is 7. The number of hydrogen-bond donors (Lipinski definition) is 1. The molecule has 0 saturated heterocycles. The summed E-state index contributed by atoms with van der Waals surface area (Å²) in [5.74, 6) is -1.45. The minimum Gasteiger partial charge on any atom is -0.438 e. The molecule has 3 fully saturated rings. The van der Waals surface area contributed by atoms with Crippen molar-refractivity contribution in [2.24, 2.45) is 28.6 Å². The fraction of sp³-hybridized carbons (Fsp3) is 0.759. The van der Waals surface area contributed by atoms with Crippen LogP contribution in [0.1, 0.15) is 85.0 Å². The number of carbonyl (C=O) groups excluding carboxylic acids is 5. The van der Waals surface area contributed by atoms with E-state index in [1.54, 1.807) is 6.08 Å². The first kappa shape index (κ1) is 29.2. The monoisotopic (exact) mass is 548 g/mol. The number of hydrogen-bond acceptors (Lipinski definition) is 10. The second kappa shape index (κ2) is 11.0. The summed E-state index contributed by atoms with van der Waals surface area (Å²) in [5, 5.41) is 11.7. The molecule has 0 radical (unpaired) electrons. The number of unbranched alkanes of at least 4 members (excludes halogenated alkanes) is 1. The van der Waals surface area contributed by atoms with Gasteiger partial charge in [0.2, 0.25) is 5.78 Å². The van der Waals surface area contributed by atoms with E-state index in [-0.39, 0.29) is 48.2 Å². The average molecular weight is 549 g/mol. The highest BCUT2D eigenvalue weighted by Gasteiger charge is 2.70. The zero-order valence-electron chi connectivity index (χ0n) is 23.3. The lowest BCUT2D eigenvalue weighted by molar-refractivity contribution is -0.188. The van der Waals surface area contributed by atoms with Gasteiger partial charge in [-0.2, -0.15) is 0 Å². The molecular formula is C29H40O10. The largest absolute Gasteiger partial charge is 0.517 e. The molecule has 4 rings (SSSR count). The summed E-state index contributed by atoms with van der Waals surface area (Å²) in [5.41, 5.74) is -2.01. The van der Waals surface area contributed by atoms with Crippen molar-refractivity contribution >= 4 is 29.8 Å². The van der Waals surface area contributed by atoms with Crippen molar-refractivity contribution in [1.82, 2.24) is 0 Å². The molecule has 0 aromatic heterocycles. The second-order valence-electron chi connectivity index (χ2n) is 12.0. The number of esters is 1. The van der Waals surface area contributed by atoms with E-state index in [2.05, 4.69) is 11.7 Å². The van der Waals surface area contributed by atoms with Gasteiger partial charge in [-0.1, -0.05) is 32.8 Å². The van der Waals surface area contributed by atoms with Crippen molar-refractivity contribution in [2.45, 2.75) is 96.7 Å². The van der Waals surface area contributed by atoms with Crippen LogP contribution in [0, 0.1) is 28.6 Å². The van der Waals surface area contributed by atoms with E-state index in [9.17, 15) is 29.1 Å². The van der Waals surface area contributed by atoms with E-state index in [0.717, 1.165) is 31.9 Å². The van der Waals surface area contributed by atoms with Gasteiger partial charge in [-0.15, -0.1) is 0 Å². The van der Waals surface area contributed by atoms with E-state index in [4.69, 9.17) is 14.2 Å². The van der Waals surface area contributed by atoms with Gasteiger partial charge in [0.1, 0.15) is 0 Å². The highest BCUT2D eigenvalue weighted by Crippen LogP contribution is 2.68. The number of carbonyl (C=O) groups is 5. The predicted octanol–water partition coefficient (Wildman–Crippen LogP) is 4.45. The lowest BCUT2D eigenvalue weighted by atomic mass is 9.45. The molecule has 1 N–H and O–H groups in total. The van der Waals surface area contributed by atoms with E-state index < -0.39 is 47.8 Å². The molecule has 0 unspecified atom stereocenters. The standard InChI is InChI=1S/C29H40O10/c1-5-6-7-23(33)38-26(35)39-29(22(32)16-37-25(34)36-4)13-11-20-19-9-8-17-14-18(30)10-12-27(17,2)24(19)21(31)15-28(20,29)3/h14,19-21,24,31H,5-13,15-16H2,1-4H3/t19-,20-,21-,24+,27-,28-,29-/m0/s1. The van der Waals surface area contributed by atoms with Gasteiger partial charge in [-0.25, -0.2) is 9.59 Å². The number of aliphatic hydroxyl groups is 1. The minimum atomic E-state index is -1.76. The first-order chi connectivity index (χ1) is 18.4. The van der Waals surface area contributed by atoms with Crippen LogP contribution in [0.2, 0.25) is 0 Å². The van der Waals surface area contributed by atoms with Crippen molar-refractivity contribution in [2.75, 3.05) is 13.7 Å². The van der Waals surface area contributed by atoms with Crippen LogP contribution in [0.25, 0.3) is 0 Å². The maximum atomic E-state index is 13.8. The molecule has 4 aliphatic carbocycles. The Bertz CT molecular complexity index is 1060. The lowest BCUT2D eigenvalue weighted by Gasteiger charge is -2.60.